The lowest BCUT2D eigenvalue weighted by molar-refractivity contribution is -0.121. The maximum Gasteiger partial charge on any atom is 0.242 e. The molecule has 0 aromatic heterocycles. The minimum Gasteiger partial charge on any atom is -0.373 e. The summed E-state index contributed by atoms with van der Waals surface area (Å²) in [5, 5.41) is 15.3. The van der Waals surface area contributed by atoms with Gasteiger partial charge in [-0.05, 0) is 32.0 Å². The van der Waals surface area contributed by atoms with Gasteiger partial charge < -0.3 is 10.6 Å². The fourth-order valence-corrected chi connectivity index (χ4v) is 1.82. The van der Waals surface area contributed by atoms with Crippen molar-refractivity contribution in [3.05, 3.63) is 28.2 Å². The molecule has 0 aliphatic rings. The molecule has 0 saturated carbocycles. The number of carbonyl (C=O) groups excluding carboxylic acids is 1. The van der Waals surface area contributed by atoms with E-state index in [9.17, 15) is 4.79 Å². The van der Waals surface area contributed by atoms with Crippen molar-refractivity contribution >= 4 is 34.8 Å². The van der Waals surface area contributed by atoms with Crippen LogP contribution in [-0.4, -0.2) is 18.5 Å². The summed E-state index contributed by atoms with van der Waals surface area (Å²) in [5.74, 6) is -0.400. The van der Waals surface area contributed by atoms with E-state index < -0.39 is 6.04 Å². The lowest BCUT2D eigenvalue weighted by atomic mass is 10.2. The van der Waals surface area contributed by atoms with Crippen molar-refractivity contribution in [3.8, 4) is 6.07 Å². The van der Waals surface area contributed by atoms with Crippen molar-refractivity contribution in [1.82, 2.24) is 5.32 Å². The molecule has 6 heteroatoms. The normalized spacial score (nSPS) is 13.2. The Morgan fingerprint density at radius 2 is 2.11 bits per heavy atom. The van der Waals surface area contributed by atoms with Crippen LogP contribution in [-0.2, 0) is 4.79 Å². The summed E-state index contributed by atoms with van der Waals surface area (Å²) in [5.41, 5.74) is 0.641. The zero-order valence-electron chi connectivity index (χ0n) is 10.7. The minimum atomic E-state index is -0.454. The van der Waals surface area contributed by atoms with Gasteiger partial charge in [-0.3, -0.25) is 4.79 Å². The van der Waals surface area contributed by atoms with Gasteiger partial charge in [0.05, 0.1) is 22.7 Å². The van der Waals surface area contributed by atoms with Crippen LogP contribution >= 0.6 is 23.2 Å². The van der Waals surface area contributed by atoms with E-state index in [1.165, 1.54) is 0 Å². The molecule has 102 valence electrons. The van der Waals surface area contributed by atoms with Crippen molar-refractivity contribution in [2.75, 3.05) is 11.9 Å². The first-order chi connectivity index (χ1) is 8.93. The molecule has 1 aromatic rings. The van der Waals surface area contributed by atoms with Gasteiger partial charge in [0.25, 0.3) is 0 Å². The van der Waals surface area contributed by atoms with E-state index in [-0.39, 0.29) is 11.8 Å². The summed E-state index contributed by atoms with van der Waals surface area (Å²) < 4.78 is 0. The molecule has 0 heterocycles. The highest BCUT2D eigenvalue weighted by atomic mass is 35.5. The number of nitriles is 1. The van der Waals surface area contributed by atoms with E-state index in [1.54, 1.807) is 32.0 Å². The summed E-state index contributed by atoms with van der Waals surface area (Å²) in [6.45, 7) is 3.79. The minimum absolute atomic E-state index is 0.187. The standard InChI is InChI=1S/C13H15Cl2N3O/c1-8(6-16)7-17-13(19)9(2)18-12-4-3-10(14)5-11(12)15/h3-5,8-9,18H,7H2,1-2H3,(H,17,19)/t8-,9-/m1/s1. The molecular formula is C13H15Cl2N3O. The summed E-state index contributed by atoms with van der Waals surface area (Å²) in [6, 6.07) is 6.61. The number of halogens is 2. The Bertz CT molecular complexity index is 499. The number of carbonyl (C=O) groups is 1. The molecule has 0 bridgehead atoms. The SMILES string of the molecule is C[C@H](C#N)CNC(=O)[C@@H](C)Nc1ccc(Cl)cc1Cl. The fourth-order valence-electron chi connectivity index (χ4n) is 1.36. The maximum absolute atomic E-state index is 11.8. The van der Waals surface area contributed by atoms with Crippen LogP contribution in [0.3, 0.4) is 0 Å². The van der Waals surface area contributed by atoms with Crippen LogP contribution < -0.4 is 10.6 Å². The molecule has 19 heavy (non-hydrogen) atoms. The third kappa shape index (κ3) is 4.98. The number of anilines is 1. The Morgan fingerprint density at radius 3 is 2.68 bits per heavy atom. The number of hydrogen-bond acceptors (Lipinski definition) is 3. The molecule has 2 N–H and O–H groups in total. The van der Waals surface area contributed by atoms with Crippen LogP contribution in [0.1, 0.15) is 13.8 Å². The van der Waals surface area contributed by atoms with E-state index in [2.05, 4.69) is 16.7 Å². The van der Waals surface area contributed by atoms with Crippen LogP contribution in [0, 0.1) is 17.2 Å². The van der Waals surface area contributed by atoms with Gasteiger partial charge in [-0.15, -0.1) is 0 Å². The Morgan fingerprint density at radius 1 is 1.42 bits per heavy atom. The third-order valence-corrected chi connectivity index (χ3v) is 3.05. The summed E-state index contributed by atoms with van der Waals surface area (Å²) in [7, 11) is 0. The van der Waals surface area contributed by atoms with E-state index in [1.807, 2.05) is 0 Å². The largest absolute Gasteiger partial charge is 0.373 e. The summed E-state index contributed by atoms with van der Waals surface area (Å²) in [4.78, 5) is 11.8. The van der Waals surface area contributed by atoms with Crippen molar-refractivity contribution in [1.29, 1.82) is 5.26 Å². The number of benzene rings is 1. The van der Waals surface area contributed by atoms with Gasteiger partial charge >= 0.3 is 0 Å². The first kappa shape index (κ1) is 15.6. The quantitative estimate of drug-likeness (QED) is 0.878. The molecule has 4 nitrogen and oxygen atoms in total. The molecular weight excluding hydrogens is 285 g/mol. The van der Waals surface area contributed by atoms with Crippen LogP contribution in [0.15, 0.2) is 18.2 Å². The van der Waals surface area contributed by atoms with Gasteiger partial charge in [0.2, 0.25) is 5.91 Å². The predicted molar refractivity (Wildman–Crippen MR) is 77.3 cm³/mol. The molecule has 1 amide bonds. The predicted octanol–water partition coefficient (Wildman–Crippen LogP) is 3.07. The number of nitrogens with zero attached hydrogens (tertiary/aromatic N) is 1. The van der Waals surface area contributed by atoms with Gasteiger partial charge in [-0.25, -0.2) is 0 Å². The molecule has 0 fully saturated rings. The van der Waals surface area contributed by atoms with E-state index in [4.69, 9.17) is 28.5 Å². The zero-order chi connectivity index (χ0) is 14.4. The number of amides is 1. The Labute approximate surface area is 122 Å². The second-order valence-electron chi connectivity index (χ2n) is 4.27. The molecule has 1 aromatic carbocycles. The molecule has 2 atom stereocenters. The topological polar surface area (TPSA) is 64.9 Å². The molecule has 0 aliphatic carbocycles. The highest BCUT2D eigenvalue weighted by molar-refractivity contribution is 6.36. The highest BCUT2D eigenvalue weighted by Gasteiger charge is 2.14. The average molecular weight is 300 g/mol. The second-order valence-corrected chi connectivity index (χ2v) is 5.11. The fraction of sp³-hybridized carbons (Fsp3) is 0.385. The van der Waals surface area contributed by atoms with Gasteiger partial charge in [0.1, 0.15) is 6.04 Å². The number of rotatable bonds is 5. The van der Waals surface area contributed by atoms with Gasteiger partial charge in [-0.1, -0.05) is 23.2 Å². The molecule has 0 unspecified atom stereocenters. The van der Waals surface area contributed by atoms with Crippen molar-refractivity contribution in [2.24, 2.45) is 5.92 Å². The smallest absolute Gasteiger partial charge is 0.242 e. The zero-order valence-corrected chi connectivity index (χ0v) is 12.2. The first-order valence-corrected chi connectivity index (χ1v) is 6.58. The van der Waals surface area contributed by atoms with Crippen molar-refractivity contribution in [2.45, 2.75) is 19.9 Å². The molecule has 0 radical (unpaired) electrons. The van der Waals surface area contributed by atoms with Crippen molar-refractivity contribution < 1.29 is 4.79 Å². The summed E-state index contributed by atoms with van der Waals surface area (Å²) in [6.07, 6.45) is 0. The van der Waals surface area contributed by atoms with E-state index >= 15 is 0 Å². The van der Waals surface area contributed by atoms with Crippen molar-refractivity contribution in [3.63, 3.8) is 0 Å². The Kier molecular flexibility index (Phi) is 5.94. The molecule has 0 saturated heterocycles. The Hall–Kier alpha value is -1.44. The molecule has 1 rings (SSSR count). The van der Waals surface area contributed by atoms with Crippen LogP contribution in [0.5, 0.6) is 0 Å². The van der Waals surface area contributed by atoms with Gasteiger partial charge in [0.15, 0.2) is 0 Å². The molecule has 0 aliphatic heterocycles. The van der Waals surface area contributed by atoms with E-state index in [0.29, 0.717) is 22.3 Å². The van der Waals surface area contributed by atoms with E-state index in [0.717, 1.165) is 0 Å². The van der Waals surface area contributed by atoms with Gasteiger partial charge in [0, 0.05) is 11.6 Å². The number of nitrogens with one attached hydrogen (secondary N) is 2. The summed E-state index contributed by atoms with van der Waals surface area (Å²) >= 11 is 11.8. The number of hydrogen-bond donors (Lipinski definition) is 2. The highest BCUT2D eigenvalue weighted by Crippen LogP contribution is 2.25. The second kappa shape index (κ2) is 7.22. The Balaban J connectivity index is 2.57. The lowest BCUT2D eigenvalue weighted by Gasteiger charge is -2.16. The maximum atomic E-state index is 11.8. The van der Waals surface area contributed by atoms with Crippen LogP contribution in [0.2, 0.25) is 10.0 Å². The van der Waals surface area contributed by atoms with Crippen LogP contribution in [0.4, 0.5) is 5.69 Å². The monoisotopic (exact) mass is 299 g/mol. The molecule has 0 spiro atoms. The average Bonchev–Trinajstić information content (AvgIpc) is 2.38. The van der Waals surface area contributed by atoms with Crippen LogP contribution in [0.25, 0.3) is 0 Å². The first-order valence-electron chi connectivity index (χ1n) is 5.83. The van der Waals surface area contributed by atoms with Gasteiger partial charge in [-0.2, -0.15) is 5.26 Å². The third-order valence-electron chi connectivity index (χ3n) is 2.50. The lowest BCUT2D eigenvalue weighted by Crippen LogP contribution is -2.39.